The Morgan fingerprint density at radius 3 is 2.39 bits per heavy atom. The van der Waals surface area contributed by atoms with Gasteiger partial charge in [0.15, 0.2) is 0 Å². The van der Waals surface area contributed by atoms with Gasteiger partial charge in [-0.15, -0.1) is 0 Å². The lowest BCUT2D eigenvalue weighted by Crippen LogP contribution is -2.47. The van der Waals surface area contributed by atoms with Crippen LogP contribution in [-0.4, -0.2) is 53.5 Å². The highest BCUT2D eigenvalue weighted by Gasteiger charge is 2.23. The number of hydrogen-bond acceptors (Lipinski definition) is 3. The average Bonchev–Trinajstić information content (AvgIpc) is 2.71. The smallest absolute Gasteiger partial charge is 0.257 e. The van der Waals surface area contributed by atoms with Crippen LogP contribution >= 0.6 is 0 Å². The van der Waals surface area contributed by atoms with E-state index in [1.807, 2.05) is 21.7 Å². The van der Waals surface area contributed by atoms with Crippen molar-refractivity contribution in [1.82, 2.24) is 14.4 Å². The van der Waals surface area contributed by atoms with Gasteiger partial charge in [-0.1, -0.05) is 0 Å². The van der Waals surface area contributed by atoms with Crippen molar-refractivity contribution in [3.8, 4) is 0 Å². The molecule has 0 unspecified atom stereocenters. The molecule has 100 valence electrons. The Kier molecular flexibility index (Phi) is 3.61. The van der Waals surface area contributed by atoms with Gasteiger partial charge in [0.2, 0.25) is 0 Å². The molecule has 1 amide bonds. The van der Waals surface area contributed by atoms with E-state index in [0.29, 0.717) is 11.4 Å². The molecule has 0 aliphatic carbocycles. The molecule has 1 aromatic heterocycles. The largest absolute Gasteiger partial charge is 0.384 e. The van der Waals surface area contributed by atoms with E-state index in [1.54, 1.807) is 0 Å². The number of rotatable bonds is 2. The highest BCUT2D eigenvalue weighted by atomic mass is 16.2. The molecule has 1 aliphatic heterocycles. The molecule has 5 nitrogen and oxygen atoms in total. The number of likely N-dealkylation sites (N-methyl/N-ethyl adjacent to an activating group) is 1. The fourth-order valence-corrected chi connectivity index (χ4v) is 2.27. The lowest BCUT2D eigenvalue weighted by Gasteiger charge is -2.32. The van der Waals surface area contributed by atoms with Gasteiger partial charge in [0.1, 0.15) is 5.82 Å². The van der Waals surface area contributed by atoms with Crippen molar-refractivity contribution in [3.05, 3.63) is 17.8 Å². The van der Waals surface area contributed by atoms with E-state index in [-0.39, 0.29) is 11.9 Å². The van der Waals surface area contributed by atoms with Gasteiger partial charge in [-0.25, -0.2) is 0 Å². The van der Waals surface area contributed by atoms with Gasteiger partial charge in [-0.3, -0.25) is 4.79 Å². The summed E-state index contributed by atoms with van der Waals surface area (Å²) in [5, 5.41) is 0. The van der Waals surface area contributed by atoms with Crippen LogP contribution in [0.15, 0.2) is 12.3 Å². The molecular formula is C13H22N4O. The summed E-state index contributed by atoms with van der Waals surface area (Å²) in [5.41, 5.74) is 6.68. The molecule has 0 saturated carbocycles. The summed E-state index contributed by atoms with van der Waals surface area (Å²) in [4.78, 5) is 16.5. The van der Waals surface area contributed by atoms with E-state index in [9.17, 15) is 4.79 Å². The van der Waals surface area contributed by atoms with E-state index in [2.05, 4.69) is 25.8 Å². The molecule has 1 fully saturated rings. The third-order valence-corrected chi connectivity index (χ3v) is 3.53. The fraction of sp³-hybridized carbons (Fsp3) is 0.615. The van der Waals surface area contributed by atoms with Crippen LogP contribution in [0.5, 0.6) is 0 Å². The second kappa shape index (κ2) is 5.02. The summed E-state index contributed by atoms with van der Waals surface area (Å²) in [7, 11) is 2.07. The zero-order chi connectivity index (χ0) is 13.3. The molecule has 2 N–H and O–H groups in total. The third-order valence-electron chi connectivity index (χ3n) is 3.53. The zero-order valence-electron chi connectivity index (χ0n) is 11.4. The standard InChI is InChI=1S/C13H22N4O/c1-10(2)17-5-4-11(12(17)14)13(18)16-8-6-15(3)7-9-16/h4-5,10H,6-9,14H2,1-3H3. The number of piperazine rings is 1. The molecule has 1 aromatic rings. The van der Waals surface area contributed by atoms with Crippen LogP contribution in [0, 0.1) is 0 Å². The number of nitrogens with two attached hydrogens (primary N) is 1. The minimum absolute atomic E-state index is 0.0556. The number of carbonyl (C=O) groups is 1. The number of amides is 1. The van der Waals surface area contributed by atoms with Crippen LogP contribution in [-0.2, 0) is 0 Å². The minimum atomic E-state index is 0.0556. The molecule has 1 saturated heterocycles. The lowest BCUT2D eigenvalue weighted by atomic mass is 10.2. The maximum atomic E-state index is 12.4. The van der Waals surface area contributed by atoms with Crippen molar-refractivity contribution in [1.29, 1.82) is 0 Å². The predicted molar refractivity (Wildman–Crippen MR) is 72.6 cm³/mol. The molecule has 2 rings (SSSR count). The van der Waals surface area contributed by atoms with Crippen LogP contribution in [0.3, 0.4) is 0 Å². The summed E-state index contributed by atoms with van der Waals surface area (Å²) in [6.07, 6.45) is 1.89. The molecule has 0 spiro atoms. The average molecular weight is 250 g/mol. The Morgan fingerprint density at radius 1 is 1.28 bits per heavy atom. The maximum Gasteiger partial charge on any atom is 0.257 e. The first-order chi connectivity index (χ1) is 8.50. The number of nitrogen functional groups attached to an aromatic ring is 1. The molecule has 0 radical (unpaired) electrons. The summed E-state index contributed by atoms with van der Waals surface area (Å²) in [5.74, 6) is 0.633. The first-order valence-electron chi connectivity index (χ1n) is 6.45. The number of carbonyl (C=O) groups excluding carboxylic acids is 1. The van der Waals surface area contributed by atoms with Crippen LogP contribution in [0.2, 0.25) is 0 Å². The topological polar surface area (TPSA) is 54.5 Å². The van der Waals surface area contributed by atoms with E-state index in [0.717, 1.165) is 26.2 Å². The minimum Gasteiger partial charge on any atom is -0.384 e. The summed E-state index contributed by atoms with van der Waals surface area (Å²) >= 11 is 0. The summed E-state index contributed by atoms with van der Waals surface area (Å²) in [6, 6.07) is 2.11. The normalized spacial score (nSPS) is 17.4. The highest BCUT2D eigenvalue weighted by Crippen LogP contribution is 2.20. The first kappa shape index (κ1) is 13.0. The summed E-state index contributed by atoms with van der Waals surface area (Å²) < 4.78 is 1.93. The molecule has 0 aromatic carbocycles. The second-order valence-electron chi connectivity index (χ2n) is 5.21. The molecule has 0 bridgehead atoms. The van der Waals surface area contributed by atoms with Crippen LogP contribution in [0.4, 0.5) is 5.82 Å². The number of hydrogen-bond donors (Lipinski definition) is 1. The Hall–Kier alpha value is -1.49. The van der Waals surface area contributed by atoms with Crippen LogP contribution in [0.25, 0.3) is 0 Å². The first-order valence-corrected chi connectivity index (χ1v) is 6.45. The number of nitrogens with zero attached hydrogens (tertiary/aromatic N) is 3. The van der Waals surface area contributed by atoms with E-state index in [1.165, 1.54) is 0 Å². The van der Waals surface area contributed by atoms with Crippen LogP contribution < -0.4 is 5.73 Å². The maximum absolute atomic E-state index is 12.4. The van der Waals surface area contributed by atoms with Gasteiger partial charge in [0.25, 0.3) is 5.91 Å². The highest BCUT2D eigenvalue weighted by molar-refractivity contribution is 5.98. The fourth-order valence-electron chi connectivity index (χ4n) is 2.27. The summed E-state index contributed by atoms with van der Waals surface area (Å²) in [6.45, 7) is 7.53. The van der Waals surface area contributed by atoms with Gasteiger partial charge in [0, 0.05) is 38.4 Å². The quantitative estimate of drug-likeness (QED) is 0.853. The third kappa shape index (κ3) is 2.36. The van der Waals surface area contributed by atoms with E-state index < -0.39 is 0 Å². The Labute approximate surface area is 108 Å². The van der Waals surface area contributed by atoms with Gasteiger partial charge in [-0.05, 0) is 27.0 Å². The van der Waals surface area contributed by atoms with Crippen LogP contribution in [0.1, 0.15) is 30.2 Å². The number of aromatic nitrogens is 1. The van der Waals surface area contributed by atoms with Gasteiger partial charge in [-0.2, -0.15) is 0 Å². The van der Waals surface area contributed by atoms with Crippen molar-refractivity contribution in [2.24, 2.45) is 0 Å². The van der Waals surface area contributed by atoms with Gasteiger partial charge in [0.05, 0.1) is 5.56 Å². The number of anilines is 1. The predicted octanol–water partition coefficient (Wildman–Crippen LogP) is 1.04. The van der Waals surface area contributed by atoms with Crippen molar-refractivity contribution < 1.29 is 4.79 Å². The van der Waals surface area contributed by atoms with Crippen molar-refractivity contribution >= 4 is 11.7 Å². The molecule has 0 atom stereocenters. The monoisotopic (exact) mass is 250 g/mol. The lowest BCUT2D eigenvalue weighted by molar-refractivity contribution is 0.0665. The molecule has 18 heavy (non-hydrogen) atoms. The Bertz CT molecular complexity index is 430. The Balaban J connectivity index is 2.14. The Morgan fingerprint density at radius 2 is 1.89 bits per heavy atom. The zero-order valence-corrected chi connectivity index (χ0v) is 11.4. The molecular weight excluding hydrogens is 228 g/mol. The SMILES string of the molecule is CC(C)n1ccc(C(=O)N2CCN(C)CC2)c1N. The van der Waals surface area contributed by atoms with E-state index >= 15 is 0 Å². The second-order valence-corrected chi connectivity index (χ2v) is 5.21. The van der Waals surface area contributed by atoms with Gasteiger partial charge < -0.3 is 20.1 Å². The van der Waals surface area contributed by atoms with Crippen molar-refractivity contribution in [2.75, 3.05) is 39.0 Å². The van der Waals surface area contributed by atoms with Crippen molar-refractivity contribution in [3.63, 3.8) is 0 Å². The van der Waals surface area contributed by atoms with Gasteiger partial charge >= 0.3 is 0 Å². The van der Waals surface area contributed by atoms with Crippen molar-refractivity contribution in [2.45, 2.75) is 19.9 Å². The molecule has 1 aliphatic rings. The van der Waals surface area contributed by atoms with E-state index in [4.69, 9.17) is 5.73 Å². The molecule has 2 heterocycles. The molecule has 5 heteroatoms.